The van der Waals surface area contributed by atoms with Crippen molar-refractivity contribution in [2.24, 2.45) is 0 Å². The number of hydrogen-bond acceptors (Lipinski definition) is 3. The molecule has 2 rings (SSSR count). The Hall–Kier alpha value is -1.90. The highest BCUT2D eigenvalue weighted by atomic mass is 16.5. The summed E-state index contributed by atoms with van der Waals surface area (Å²) in [6.07, 6.45) is 8.79. The highest BCUT2D eigenvalue weighted by Crippen LogP contribution is 2.30. The molecule has 0 radical (unpaired) electrons. The maximum atomic E-state index is 11.3. The van der Waals surface area contributed by atoms with Crippen molar-refractivity contribution in [1.29, 1.82) is 0 Å². The molecule has 1 aliphatic carbocycles. The van der Waals surface area contributed by atoms with Crippen molar-refractivity contribution in [2.75, 3.05) is 7.11 Å². The quantitative estimate of drug-likeness (QED) is 0.724. The number of rotatable bonds is 3. The molecule has 0 aromatic carbocycles. The van der Waals surface area contributed by atoms with Crippen molar-refractivity contribution >= 4 is 6.29 Å². The summed E-state index contributed by atoms with van der Waals surface area (Å²) in [6, 6.07) is 5.59. The second kappa shape index (κ2) is 4.31. The van der Waals surface area contributed by atoms with Gasteiger partial charge in [0.1, 0.15) is 12.0 Å². The molecule has 0 fully saturated rings. The lowest BCUT2D eigenvalue weighted by atomic mass is 9.79. The zero-order valence-corrected chi connectivity index (χ0v) is 9.09. The Morgan fingerprint density at radius 1 is 1.50 bits per heavy atom. The summed E-state index contributed by atoms with van der Waals surface area (Å²) in [7, 11) is 1.62. The Bertz CT molecular complexity index is 437. The Morgan fingerprint density at radius 2 is 2.38 bits per heavy atom. The van der Waals surface area contributed by atoms with E-state index in [0.29, 0.717) is 6.42 Å². The molecule has 1 heterocycles. The lowest BCUT2D eigenvalue weighted by Gasteiger charge is -2.25. The molecule has 1 aromatic rings. The third-order valence-corrected chi connectivity index (χ3v) is 2.77. The monoisotopic (exact) mass is 215 g/mol. The van der Waals surface area contributed by atoms with Gasteiger partial charge in [-0.2, -0.15) is 0 Å². The molecular formula is C13H13NO2. The molecule has 3 nitrogen and oxygen atoms in total. The summed E-state index contributed by atoms with van der Waals surface area (Å²) in [5.74, 6) is 0.786. The van der Waals surface area contributed by atoms with E-state index in [4.69, 9.17) is 4.74 Å². The van der Waals surface area contributed by atoms with Gasteiger partial charge < -0.3 is 9.53 Å². The Labute approximate surface area is 94.5 Å². The van der Waals surface area contributed by atoms with E-state index in [9.17, 15) is 4.79 Å². The van der Waals surface area contributed by atoms with E-state index >= 15 is 0 Å². The summed E-state index contributed by atoms with van der Waals surface area (Å²) in [6.45, 7) is 0. The van der Waals surface area contributed by atoms with Gasteiger partial charge in [0.25, 0.3) is 0 Å². The number of pyridine rings is 1. The average Bonchev–Trinajstić information content (AvgIpc) is 2.40. The molecule has 0 saturated carbocycles. The van der Waals surface area contributed by atoms with Gasteiger partial charge in [-0.05, 0) is 30.7 Å². The van der Waals surface area contributed by atoms with Crippen LogP contribution in [0.25, 0.3) is 0 Å². The largest absolute Gasteiger partial charge is 0.497 e. The zero-order valence-electron chi connectivity index (χ0n) is 9.09. The van der Waals surface area contributed by atoms with E-state index in [-0.39, 0.29) is 0 Å². The van der Waals surface area contributed by atoms with Gasteiger partial charge in [-0.3, -0.25) is 4.98 Å². The second-order valence-electron chi connectivity index (χ2n) is 3.72. The van der Waals surface area contributed by atoms with Crippen LogP contribution in [0, 0.1) is 0 Å². The van der Waals surface area contributed by atoms with Crippen molar-refractivity contribution in [2.45, 2.75) is 11.8 Å². The van der Waals surface area contributed by atoms with Gasteiger partial charge in [0.2, 0.25) is 0 Å². The molecule has 1 atom stereocenters. The van der Waals surface area contributed by atoms with Crippen molar-refractivity contribution in [3.8, 4) is 0 Å². The van der Waals surface area contributed by atoms with Crippen LogP contribution in [-0.4, -0.2) is 18.4 Å². The molecule has 0 aliphatic heterocycles. The molecule has 1 aliphatic rings. The summed E-state index contributed by atoms with van der Waals surface area (Å²) in [5.41, 5.74) is 0.135. The summed E-state index contributed by atoms with van der Waals surface area (Å²) >= 11 is 0. The van der Waals surface area contributed by atoms with Gasteiger partial charge in [0.05, 0.1) is 18.2 Å². The first kappa shape index (κ1) is 10.6. The number of aldehydes is 1. The van der Waals surface area contributed by atoms with Gasteiger partial charge in [-0.25, -0.2) is 0 Å². The molecule has 0 spiro atoms. The van der Waals surface area contributed by atoms with Crippen LogP contribution in [-0.2, 0) is 14.9 Å². The molecule has 0 amide bonds. The van der Waals surface area contributed by atoms with Crippen LogP contribution in [0.2, 0.25) is 0 Å². The van der Waals surface area contributed by atoms with Gasteiger partial charge in [-0.1, -0.05) is 12.1 Å². The number of carbonyl (C=O) groups is 1. The molecule has 82 valence electrons. The minimum absolute atomic E-state index is 0.590. The standard InChI is InChI=1S/C13H13NO2/c1-16-11-5-7-13(10-15,8-6-11)12-4-2-3-9-14-12/h2-7,9-10H,8H2,1H3/t13-/m1/s1. The second-order valence-corrected chi connectivity index (χ2v) is 3.72. The predicted molar refractivity (Wildman–Crippen MR) is 60.8 cm³/mol. The van der Waals surface area contributed by atoms with E-state index < -0.39 is 5.41 Å². The SMILES string of the molecule is COC1=CC[C@](C=O)(c2ccccn2)C=C1. The van der Waals surface area contributed by atoms with Crippen molar-refractivity contribution in [3.05, 3.63) is 54.1 Å². The molecule has 0 saturated heterocycles. The maximum Gasteiger partial charge on any atom is 0.136 e. The fraction of sp³-hybridized carbons (Fsp3) is 0.231. The van der Waals surface area contributed by atoms with Crippen LogP contribution in [0.15, 0.2) is 48.4 Å². The lowest BCUT2D eigenvalue weighted by Crippen LogP contribution is -2.27. The fourth-order valence-electron chi connectivity index (χ4n) is 1.76. The molecule has 1 aromatic heterocycles. The average molecular weight is 215 g/mol. The number of methoxy groups -OCH3 is 1. The number of nitrogens with zero attached hydrogens (tertiary/aromatic N) is 1. The van der Waals surface area contributed by atoms with Crippen LogP contribution in [0.4, 0.5) is 0 Å². The summed E-state index contributed by atoms with van der Waals surface area (Å²) in [4.78, 5) is 15.6. The van der Waals surface area contributed by atoms with Crippen molar-refractivity contribution in [3.63, 3.8) is 0 Å². The first-order valence-corrected chi connectivity index (χ1v) is 5.12. The number of ether oxygens (including phenoxy) is 1. The highest BCUT2D eigenvalue weighted by molar-refractivity contribution is 5.72. The third kappa shape index (κ3) is 1.76. The van der Waals surface area contributed by atoms with Gasteiger partial charge in [0, 0.05) is 6.20 Å². The lowest BCUT2D eigenvalue weighted by molar-refractivity contribution is -0.111. The van der Waals surface area contributed by atoms with Crippen LogP contribution >= 0.6 is 0 Å². The molecule has 0 unspecified atom stereocenters. The van der Waals surface area contributed by atoms with E-state index in [0.717, 1.165) is 17.7 Å². The minimum Gasteiger partial charge on any atom is -0.497 e. The highest BCUT2D eigenvalue weighted by Gasteiger charge is 2.31. The van der Waals surface area contributed by atoms with Crippen LogP contribution in [0.5, 0.6) is 0 Å². The molecular weight excluding hydrogens is 202 g/mol. The van der Waals surface area contributed by atoms with E-state index in [1.165, 1.54) is 0 Å². The van der Waals surface area contributed by atoms with Gasteiger partial charge in [-0.15, -0.1) is 0 Å². The number of hydrogen-bond donors (Lipinski definition) is 0. The smallest absolute Gasteiger partial charge is 0.136 e. The normalized spacial score (nSPS) is 23.7. The van der Waals surface area contributed by atoms with Crippen LogP contribution in [0.3, 0.4) is 0 Å². The molecule has 0 bridgehead atoms. The number of allylic oxidation sites excluding steroid dienone is 3. The first-order valence-electron chi connectivity index (χ1n) is 5.12. The predicted octanol–water partition coefficient (Wildman–Crippen LogP) is 2.01. The summed E-state index contributed by atoms with van der Waals surface area (Å²) in [5, 5.41) is 0. The van der Waals surface area contributed by atoms with E-state index in [1.54, 1.807) is 13.3 Å². The van der Waals surface area contributed by atoms with E-state index in [1.807, 2.05) is 36.4 Å². The molecule has 3 heteroatoms. The van der Waals surface area contributed by atoms with Crippen LogP contribution in [0.1, 0.15) is 12.1 Å². The first-order chi connectivity index (χ1) is 7.80. The number of aromatic nitrogens is 1. The Kier molecular flexibility index (Phi) is 2.86. The number of carbonyl (C=O) groups excluding carboxylic acids is 1. The Balaban J connectivity index is 2.35. The molecule has 16 heavy (non-hydrogen) atoms. The van der Waals surface area contributed by atoms with Gasteiger partial charge in [0.15, 0.2) is 0 Å². The Morgan fingerprint density at radius 3 is 2.88 bits per heavy atom. The minimum atomic E-state index is -0.636. The van der Waals surface area contributed by atoms with Crippen LogP contribution < -0.4 is 0 Å². The van der Waals surface area contributed by atoms with E-state index in [2.05, 4.69) is 4.98 Å². The third-order valence-electron chi connectivity index (χ3n) is 2.77. The van der Waals surface area contributed by atoms with Crippen molar-refractivity contribution < 1.29 is 9.53 Å². The topological polar surface area (TPSA) is 39.2 Å². The maximum absolute atomic E-state index is 11.3. The van der Waals surface area contributed by atoms with Gasteiger partial charge >= 0.3 is 0 Å². The summed E-state index contributed by atoms with van der Waals surface area (Å²) < 4.78 is 5.10. The fourth-order valence-corrected chi connectivity index (χ4v) is 1.76. The molecule has 0 N–H and O–H groups in total. The zero-order chi connectivity index (χ0) is 11.4. The van der Waals surface area contributed by atoms with Crippen molar-refractivity contribution in [1.82, 2.24) is 4.98 Å².